The van der Waals surface area contributed by atoms with Crippen LogP contribution in [0.15, 0.2) is 18.2 Å². The molecule has 0 aliphatic heterocycles. The van der Waals surface area contributed by atoms with Gasteiger partial charge in [0.25, 0.3) is 0 Å². The molecule has 0 aromatic heterocycles. The van der Waals surface area contributed by atoms with Gasteiger partial charge in [-0.3, -0.25) is 4.79 Å². The van der Waals surface area contributed by atoms with E-state index in [1.165, 1.54) is 6.07 Å². The summed E-state index contributed by atoms with van der Waals surface area (Å²) in [6.45, 7) is 3.60. The van der Waals surface area contributed by atoms with E-state index in [9.17, 15) is 9.59 Å². The maximum atomic E-state index is 12.4. The Kier molecular flexibility index (Phi) is 3.81. The Morgan fingerprint density at radius 3 is 2.65 bits per heavy atom. The molecule has 5 nitrogen and oxygen atoms in total. The fourth-order valence-corrected chi connectivity index (χ4v) is 2.73. The van der Waals surface area contributed by atoms with Crippen LogP contribution >= 0.6 is 0 Å². The first-order chi connectivity index (χ1) is 9.34. The van der Waals surface area contributed by atoms with Crippen LogP contribution in [0.4, 0.5) is 5.69 Å². The second-order valence-corrected chi connectivity index (χ2v) is 5.71. The first kappa shape index (κ1) is 14.5. The molecule has 1 aromatic rings. The van der Waals surface area contributed by atoms with E-state index >= 15 is 0 Å². The van der Waals surface area contributed by atoms with E-state index in [4.69, 9.17) is 10.8 Å². The van der Waals surface area contributed by atoms with Crippen LogP contribution in [-0.4, -0.2) is 23.0 Å². The lowest BCUT2D eigenvalue weighted by atomic mass is 9.84. The monoisotopic (exact) mass is 276 g/mol. The Morgan fingerprint density at radius 2 is 2.15 bits per heavy atom. The molecule has 2 rings (SSSR count). The number of carboxylic acids is 1. The van der Waals surface area contributed by atoms with E-state index in [0.29, 0.717) is 11.3 Å². The van der Waals surface area contributed by atoms with Gasteiger partial charge >= 0.3 is 5.97 Å². The first-order valence-corrected chi connectivity index (χ1v) is 6.75. The average Bonchev–Trinajstić information content (AvgIpc) is 2.70. The molecule has 1 fully saturated rings. The predicted molar refractivity (Wildman–Crippen MR) is 76.7 cm³/mol. The fourth-order valence-electron chi connectivity index (χ4n) is 2.73. The minimum atomic E-state index is -0.967. The highest BCUT2D eigenvalue weighted by molar-refractivity contribution is 5.97. The Morgan fingerprint density at radius 1 is 1.45 bits per heavy atom. The summed E-state index contributed by atoms with van der Waals surface area (Å²) < 4.78 is 0. The zero-order valence-electron chi connectivity index (χ0n) is 11.8. The molecule has 20 heavy (non-hydrogen) atoms. The summed E-state index contributed by atoms with van der Waals surface area (Å²) in [5.41, 5.74) is 6.95. The van der Waals surface area contributed by atoms with Crippen molar-refractivity contribution >= 4 is 17.6 Å². The number of nitrogens with two attached hydrogens (primary N) is 1. The fraction of sp³-hybridized carbons (Fsp3) is 0.467. The summed E-state index contributed by atoms with van der Waals surface area (Å²) in [6, 6.07) is 4.66. The Bertz CT molecular complexity index is 556. The van der Waals surface area contributed by atoms with Crippen molar-refractivity contribution < 1.29 is 14.7 Å². The van der Waals surface area contributed by atoms with Crippen LogP contribution in [0.2, 0.25) is 0 Å². The third-order valence-electron chi connectivity index (χ3n) is 4.26. The number of carboxylic acid groups (broad SMARTS) is 1. The second kappa shape index (κ2) is 5.25. The lowest BCUT2D eigenvalue weighted by molar-refractivity contribution is -0.125. The van der Waals surface area contributed by atoms with Gasteiger partial charge < -0.3 is 16.2 Å². The van der Waals surface area contributed by atoms with E-state index in [1.54, 1.807) is 19.1 Å². The number of anilines is 1. The van der Waals surface area contributed by atoms with E-state index < -0.39 is 11.4 Å². The molecule has 1 saturated carbocycles. The number of hydrogen-bond donors (Lipinski definition) is 3. The van der Waals surface area contributed by atoms with Gasteiger partial charge in [-0.1, -0.05) is 6.42 Å². The molecule has 2 atom stereocenters. The molecule has 5 heteroatoms. The zero-order valence-corrected chi connectivity index (χ0v) is 11.8. The van der Waals surface area contributed by atoms with Crippen molar-refractivity contribution in [3.63, 3.8) is 0 Å². The number of carbonyl (C=O) groups excluding carboxylic acids is 1. The quantitative estimate of drug-likeness (QED) is 0.788. The molecule has 0 heterocycles. The third-order valence-corrected chi connectivity index (χ3v) is 4.26. The van der Waals surface area contributed by atoms with Crippen molar-refractivity contribution in [2.45, 2.75) is 39.2 Å². The second-order valence-electron chi connectivity index (χ2n) is 5.71. The topological polar surface area (TPSA) is 92.4 Å². The molecular weight excluding hydrogens is 256 g/mol. The van der Waals surface area contributed by atoms with Crippen molar-refractivity contribution in [3.05, 3.63) is 29.3 Å². The summed E-state index contributed by atoms with van der Waals surface area (Å²) in [6.07, 6.45) is 2.61. The van der Waals surface area contributed by atoms with E-state index in [-0.39, 0.29) is 17.5 Å². The molecule has 0 radical (unpaired) electrons. The minimum Gasteiger partial charge on any atom is -0.478 e. The first-order valence-electron chi connectivity index (χ1n) is 6.75. The van der Waals surface area contributed by atoms with E-state index in [0.717, 1.165) is 19.3 Å². The largest absolute Gasteiger partial charge is 0.478 e. The lowest BCUT2D eigenvalue weighted by Crippen LogP contribution is -2.44. The highest BCUT2D eigenvalue weighted by Crippen LogP contribution is 2.37. The number of hydrogen-bond acceptors (Lipinski definition) is 3. The summed E-state index contributed by atoms with van der Waals surface area (Å²) >= 11 is 0. The van der Waals surface area contributed by atoms with Gasteiger partial charge in [-0.15, -0.1) is 0 Å². The van der Waals surface area contributed by atoms with Crippen LogP contribution in [0.3, 0.4) is 0 Å². The SMILES string of the molecule is Cc1cc(NC(=O)C2(C)CCCC2N)ccc1C(=O)O. The highest BCUT2D eigenvalue weighted by atomic mass is 16.4. The number of rotatable bonds is 3. The lowest BCUT2D eigenvalue weighted by Gasteiger charge is -2.27. The predicted octanol–water partition coefficient (Wildman–Crippen LogP) is 2.15. The van der Waals surface area contributed by atoms with Crippen molar-refractivity contribution in [1.82, 2.24) is 0 Å². The number of amides is 1. The number of carbonyl (C=O) groups is 2. The molecule has 0 saturated heterocycles. The molecule has 0 bridgehead atoms. The normalized spacial score (nSPS) is 25.4. The van der Waals surface area contributed by atoms with Gasteiger partial charge in [-0.05, 0) is 50.5 Å². The smallest absolute Gasteiger partial charge is 0.335 e. The molecule has 2 unspecified atom stereocenters. The van der Waals surface area contributed by atoms with Crippen LogP contribution in [0.5, 0.6) is 0 Å². The number of nitrogens with one attached hydrogen (secondary N) is 1. The number of aryl methyl sites for hydroxylation is 1. The van der Waals surface area contributed by atoms with Crippen LogP contribution in [0.1, 0.15) is 42.1 Å². The number of aromatic carboxylic acids is 1. The zero-order chi connectivity index (χ0) is 14.9. The van der Waals surface area contributed by atoms with Crippen LogP contribution in [0.25, 0.3) is 0 Å². The van der Waals surface area contributed by atoms with Crippen molar-refractivity contribution in [2.75, 3.05) is 5.32 Å². The van der Waals surface area contributed by atoms with Crippen molar-refractivity contribution in [2.24, 2.45) is 11.1 Å². The van der Waals surface area contributed by atoms with Gasteiger partial charge in [0.05, 0.1) is 11.0 Å². The van der Waals surface area contributed by atoms with Gasteiger partial charge in [0.2, 0.25) is 5.91 Å². The number of benzene rings is 1. The Balaban J connectivity index is 2.16. The molecule has 1 aliphatic carbocycles. The van der Waals surface area contributed by atoms with Crippen LogP contribution in [-0.2, 0) is 4.79 Å². The Hall–Kier alpha value is -1.88. The van der Waals surface area contributed by atoms with Crippen molar-refractivity contribution in [3.8, 4) is 0 Å². The maximum absolute atomic E-state index is 12.4. The molecule has 1 amide bonds. The average molecular weight is 276 g/mol. The summed E-state index contributed by atoms with van der Waals surface area (Å²) in [5.74, 6) is -1.06. The van der Waals surface area contributed by atoms with Gasteiger partial charge in [0.1, 0.15) is 0 Å². The molecule has 1 aliphatic rings. The van der Waals surface area contributed by atoms with E-state index in [1.807, 2.05) is 6.92 Å². The standard InChI is InChI=1S/C15H20N2O3/c1-9-8-10(5-6-11(9)13(18)19)17-14(20)15(2)7-3-4-12(15)16/h5-6,8,12H,3-4,7,16H2,1-2H3,(H,17,20)(H,18,19). The highest BCUT2D eigenvalue weighted by Gasteiger charge is 2.42. The molecular formula is C15H20N2O3. The molecule has 1 aromatic carbocycles. The third kappa shape index (κ3) is 2.54. The summed E-state index contributed by atoms with van der Waals surface area (Å²) in [7, 11) is 0. The molecule has 0 spiro atoms. The van der Waals surface area contributed by atoms with Crippen molar-refractivity contribution in [1.29, 1.82) is 0 Å². The molecule has 108 valence electrons. The maximum Gasteiger partial charge on any atom is 0.335 e. The summed E-state index contributed by atoms with van der Waals surface area (Å²) in [5, 5.41) is 11.8. The van der Waals surface area contributed by atoms with Crippen LogP contribution in [0, 0.1) is 12.3 Å². The van der Waals surface area contributed by atoms with Gasteiger partial charge in [-0.2, -0.15) is 0 Å². The van der Waals surface area contributed by atoms with Crippen LogP contribution < -0.4 is 11.1 Å². The Labute approximate surface area is 118 Å². The minimum absolute atomic E-state index is 0.0926. The van der Waals surface area contributed by atoms with Gasteiger partial charge in [0.15, 0.2) is 0 Å². The summed E-state index contributed by atoms with van der Waals surface area (Å²) in [4.78, 5) is 23.3. The van der Waals surface area contributed by atoms with Gasteiger partial charge in [-0.25, -0.2) is 4.79 Å². The van der Waals surface area contributed by atoms with E-state index in [2.05, 4.69) is 5.32 Å². The van der Waals surface area contributed by atoms with Gasteiger partial charge in [0, 0.05) is 11.7 Å². The molecule has 4 N–H and O–H groups in total.